The smallest absolute Gasteiger partial charge is 0.244 e. The first-order chi connectivity index (χ1) is 11.7. The highest BCUT2D eigenvalue weighted by Crippen LogP contribution is 2.28. The second kappa shape index (κ2) is 6.36. The largest absolute Gasteiger partial charge is 0.374 e. The van der Waals surface area contributed by atoms with Crippen LogP contribution in [0.25, 0.3) is 10.9 Å². The summed E-state index contributed by atoms with van der Waals surface area (Å²) in [6.45, 7) is 1.40. The third-order valence-electron chi connectivity index (χ3n) is 5.10. The molecule has 2 fully saturated rings. The Labute approximate surface area is 140 Å². The van der Waals surface area contributed by atoms with E-state index in [1.165, 1.54) is 12.6 Å². The Kier molecular flexibility index (Phi) is 4.06. The first-order valence-electron chi connectivity index (χ1n) is 8.60. The number of rotatable bonds is 2. The van der Waals surface area contributed by atoms with Gasteiger partial charge in [-0.15, -0.1) is 0 Å². The van der Waals surface area contributed by atoms with Crippen molar-refractivity contribution < 1.29 is 9.53 Å². The van der Waals surface area contributed by atoms with Crippen LogP contribution in [0.15, 0.2) is 35.3 Å². The summed E-state index contributed by atoms with van der Waals surface area (Å²) in [4.78, 5) is 26.8. The molecule has 24 heavy (non-hydrogen) atoms. The summed E-state index contributed by atoms with van der Waals surface area (Å²) in [5.41, 5.74) is 0.583. The van der Waals surface area contributed by atoms with E-state index in [1.54, 1.807) is 10.7 Å². The minimum Gasteiger partial charge on any atom is -0.374 e. The van der Waals surface area contributed by atoms with Gasteiger partial charge in [0.15, 0.2) is 0 Å². The minimum absolute atomic E-state index is 0.0523. The molecule has 0 spiro atoms. The van der Waals surface area contributed by atoms with Crippen LogP contribution in [0.4, 0.5) is 0 Å². The molecule has 126 valence electrons. The maximum absolute atomic E-state index is 12.9. The minimum atomic E-state index is -0.118. The maximum atomic E-state index is 12.9. The lowest BCUT2D eigenvalue weighted by atomic mass is 9.90. The van der Waals surface area contributed by atoms with Crippen LogP contribution in [0, 0.1) is 0 Å². The van der Waals surface area contributed by atoms with Crippen molar-refractivity contribution in [2.75, 3.05) is 13.2 Å². The first-order valence-corrected chi connectivity index (χ1v) is 8.60. The van der Waals surface area contributed by atoms with Crippen molar-refractivity contribution in [1.29, 1.82) is 0 Å². The molecule has 6 heteroatoms. The molecule has 0 radical (unpaired) electrons. The van der Waals surface area contributed by atoms with Crippen molar-refractivity contribution in [1.82, 2.24) is 14.7 Å². The van der Waals surface area contributed by atoms with E-state index in [-0.39, 0.29) is 30.0 Å². The van der Waals surface area contributed by atoms with Crippen LogP contribution in [0.1, 0.15) is 25.7 Å². The molecule has 2 heterocycles. The summed E-state index contributed by atoms with van der Waals surface area (Å²) in [6.07, 6.45) is 5.83. The van der Waals surface area contributed by atoms with Crippen molar-refractivity contribution in [3.8, 4) is 0 Å². The van der Waals surface area contributed by atoms with Crippen LogP contribution >= 0.6 is 0 Å². The van der Waals surface area contributed by atoms with Gasteiger partial charge in [-0.2, -0.15) is 5.10 Å². The van der Waals surface area contributed by atoms with E-state index in [0.29, 0.717) is 24.1 Å². The molecule has 1 saturated heterocycles. The molecule has 1 saturated carbocycles. The number of carbonyl (C=O) groups is 1. The monoisotopic (exact) mass is 327 g/mol. The lowest BCUT2D eigenvalue weighted by Crippen LogP contribution is -2.55. The summed E-state index contributed by atoms with van der Waals surface area (Å²) >= 11 is 0. The molecule has 0 N–H and O–H groups in total. The highest BCUT2D eigenvalue weighted by Gasteiger charge is 2.36. The number of ether oxygens (including phenoxy) is 1. The Bertz CT molecular complexity index is 815. The number of amides is 1. The quantitative estimate of drug-likeness (QED) is 0.840. The second-order valence-electron chi connectivity index (χ2n) is 6.53. The fourth-order valence-corrected chi connectivity index (χ4v) is 3.91. The van der Waals surface area contributed by atoms with Gasteiger partial charge >= 0.3 is 0 Å². The van der Waals surface area contributed by atoms with Gasteiger partial charge in [0.1, 0.15) is 6.54 Å². The highest BCUT2D eigenvalue weighted by atomic mass is 16.5. The average molecular weight is 327 g/mol. The van der Waals surface area contributed by atoms with Gasteiger partial charge in [-0.1, -0.05) is 25.0 Å². The SMILES string of the molecule is O=C(Cn1ncc(=O)c2ccccc21)N1CCOC2CCCCC21. The molecule has 1 aromatic heterocycles. The summed E-state index contributed by atoms with van der Waals surface area (Å²) in [5.74, 6) is 0.0523. The summed E-state index contributed by atoms with van der Waals surface area (Å²) in [5, 5.41) is 4.77. The van der Waals surface area contributed by atoms with E-state index in [0.717, 1.165) is 19.3 Å². The average Bonchev–Trinajstić information content (AvgIpc) is 2.64. The molecule has 1 amide bonds. The Morgan fingerprint density at radius 3 is 3.00 bits per heavy atom. The fraction of sp³-hybridized carbons (Fsp3) is 0.500. The lowest BCUT2D eigenvalue weighted by molar-refractivity contribution is -0.150. The van der Waals surface area contributed by atoms with Gasteiger partial charge < -0.3 is 9.64 Å². The number of hydrogen-bond donors (Lipinski definition) is 0. The van der Waals surface area contributed by atoms with Crippen molar-refractivity contribution in [3.05, 3.63) is 40.7 Å². The Morgan fingerprint density at radius 1 is 1.25 bits per heavy atom. The van der Waals surface area contributed by atoms with Crippen LogP contribution in [-0.2, 0) is 16.1 Å². The summed E-state index contributed by atoms with van der Waals surface area (Å²) in [6, 6.07) is 7.47. The number of carbonyl (C=O) groups excluding carboxylic acids is 1. The van der Waals surface area contributed by atoms with E-state index >= 15 is 0 Å². The predicted octanol–water partition coefficient (Wildman–Crippen LogP) is 1.57. The van der Waals surface area contributed by atoms with E-state index < -0.39 is 0 Å². The third-order valence-corrected chi connectivity index (χ3v) is 5.10. The van der Waals surface area contributed by atoms with Gasteiger partial charge in [0, 0.05) is 11.9 Å². The standard InChI is InChI=1S/C18H21N3O3/c22-16-11-19-21(14-6-2-1-5-13(14)16)12-18(23)20-9-10-24-17-8-4-3-7-15(17)20/h1-2,5-6,11,15,17H,3-4,7-10,12H2. The Hall–Kier alpha value is -2.21. The molecule has 2 unspecified atom stereocenters. The number of aromatic nitrogens is 2. The Morgan fingerprint density at radius 2 is 2.08 bits per heavy atom. The molecular weight excluding hydrogens is 306 g/mol. The van der Waals surface area contributed by atoms with Crippen molar-refractivity contribution in [2.45, 2.75) is 44.4 Å². The molecule has 2 aromatic rings. The van der Waals surface area contributed by atoms with E-state index in [1.807, 2.05) is 23.1 Å². The predicted molar refractivity (Wildman–Crippen MR) is 89.7 cm³/mol. The van der Waals surface area contributed by atoms with Gasteiger partial charge in [0.05, 0.1) is 30.5 Å². The van der Waals surface area contributed by atoms with Crippen LogP contribution < -0.4 is 5.43 Å². The molecule has 1 aromatic carbocycles. The van der Waals surface area contributed by atoms with Crippen molar-refractivity contribution in [2.24, 2.45) is 0 Å². The summed E-state index contributed by atoms with van der Waals surface area (Å²) < 4.78 is 7.47. The van der Waals surface area contributed by atoms with Gasteiger partial charge in [-0.05, 0) is 25.0 Å². The highest BCUT2D eigenvalue weighted by molar-refractivity contribution is 5.81. The first kappa shape index (κ1) is 15.3. The second-order valence-corrected chi connectivity index (χ2v) is 6.53. The third kappa shape index (κ3) is 2.71. The lowest BCUT2D eigenvalue weighted by Gasteiger charge is -2.43. The molecule has 1 aliphatic heterocycles. The van der Waals surface area contributed by atoms with Gasteiger partial charge in [-0.3, -0.25) is 14.3 Å². The van der Waals surface area contributed by atoms with E-state index in [2.05, 4.69) is 5.10 Å². The van der Waals surface area contributed by atoms with Gasteiger partial charge in [0.2, 0.25) is 11.3 Å². The molecule has 2 aliphatic rings. The molecular formula is C18H21N3O3. The van der Waals surface area contributed by atoms with Crippen LogP contribution in [0.5, 0.6) is 0 Å². The zero-order valence-electron chi connectivity index (χ0n) is 13.6. The van der Waals surface area contributed by atoms with Crippen LogP contribution in [-0.4, -0.2) is 45.9 Å². The zero-order valence-corrected chi connectivity index (χ0v) is 13.6. The number of hydrogen-bond acceptors (Lipinski definition) is 4. The van der Waals surface area contributed by atoms with Crippen molar-refractivity contribution >= 4 is 16.8 Å². The van der Waals surface area contributed by atoms with Crippen molar-refractivity contribution in [3.63, 3.8) is 0 Å². The molecule has 4 rings (SSSR count). The van der Waals surface area contributed by atoms with Gasteiger partial charge in [0.25, 0.3) is 0 Å². The molecule has 6 nitrogen and oxygen atoms in total. The molecule has 1 aliphatic carbocycles. The maximum Gasteiger partial charge on any atom is 0.244 e. The number of para-hydroxylation sites is 1. The van der Waals surface area contributed by atoms with E-state index in [9.17, 15) is 9.59 Å². The van der Waals surface area contributed by atoms with E-state index in [4.69, 9.17) is 4.74 Å². The number of benzene rings is 1. The normalized spacial score (nSPS) is 23.9. The van der Waals surface area contributed by atoms with Gasteiger partial charge in [-0.25, -0.2) is 0 Å². The topological polar surface area (TPSA) is 64.4 Å². The molecule has 0 bridgehead atoms. The Balaban J connectivity index is 1.60. The zero-order chi connectivity index (χ0) is 16.5. The fourth-order valence-electron chi connectivity index (χ4n) is 3.91. The number of morpholine rings is 1. The summed E-state index contributed by atoms with van der Waals surface area (Å²) in [7, 11) is 0. The van der Waals surface area contributed by atoms with Crippen LogP contribution in [0.2, 0.25) is 0 Å². The number of fused-ring (bicyclic) bond motifs is 2. The van der Waals surface area contributed by atoms with Crippen LogP contribution in [0.3, 0.4) is 0 Å². The molecule has 2 atom stereocenters. The number of nitrogens with zero attached hydrogens (tertiary/aromatic N) is 3.